The van der Waals surface area contributed by atoms with E-state index in [9.17, 15) is 14.4 Å². The molecule has 6 nitrogen and oxygen atoms in total. The lowest BCUT2D eigenvalue weighted by atomic mass is 10.1. The standard InChI is InChI=1S/C61H94O6/c1-4-7-10-13-16-19-22-25-28-30-33-36-39-42-45-48-51-54-60(63)66-57-58(56-65-59(62)53-50-47-44-41-38-35-32-27-24-21-18-15-12-9-6-3)67-61(64)55-52-49-46-43-40-37-34-31-29-26-23-20-17-14-11-8-5-2/h7,10,13,16-22,24-30,33-34,36-37,39,43,46,58H,4-6,8-9,11-12,14-15,23,31-32,35,38,40-42,44-45,47-57H2,1-3H3/b10-7-,16-13-,20-17-,21-18-,22-19-,27-24-,28-25-,29-26-,33-30+,37-34-,39-36-,46-43-. The van der Waals surface area contributed by atoms with Crippen molar-refractivity contribution < 1.29 is 28.6 Å². The zero-order chi connectivity index (χ0) is 48.6. The van der Waals surface area contributed by atoms with Crippen LogP contribution in [0.5, 0.6) is 0 Å². The Kier molecular flexibility index (Phi) is 50.1. The Morgan fingerprint density at radius 2 is 0.657 bits per heavy atom. The van der Waals surface area contributed by atoms with E-state index < -0.39 is 6.10 Å². The molecule has 0 aliphatic rings. The van der Waals surface area contributed by atoms with Crippen molar-refractivity contribution in [3.63, 3.8) is 0 Å². The maximum Gasteiger partial charge on any atom is 0.306 e. The Morgan fingerprint density at radius 1 is 0.328 bits per heavy atom. The van der Waals surface area contributed by atoms with Gasteiger partial charge in [0.1, 0.15) is 13.2 Å². The first-order chi connectivity index (χ1) is 33.0. The van der Waals surface area contributed by atoms with Gasteiger partial charge in [0, 0.05) is 19.3 Å². The van der Waals surface area contributed by atoms with Gasteiger partial charge >= 0.3 is 17.9 Å². The van der Waals surface area contributed by atoms with Gasteiger partial charge in [0.25, 0.3) is 0 Å². The highest BCUT2D eigenvalue weighted by molar-refractivity contribution is 5.71. The van der Waals surface area contributed by atoms with E-state index in [0.717, 1.165) is 89.9 Å². The molecule has 1 unspecified atom stereocenters. The molecular weight excluding hydrogens is 829 g/mol. The van der Waals surface area contributed by atoms with E-state index in [1.54, 1.807) is 0 Å². The Labute approximate surface area is 410 Å². The normalized spacial score (nSPS) is 13.3. The van der Waals surface area contributed by atoms with E-state index in [4.69, 9.17) is 14.2 Å². The minimum atomic E-state index is -0.837. The number of carbonyl (C=O) groups is 3. The molecule has 374 valence electrons. The van der Waals surface area contributed by atoms with Gasteiger partial charge in [-0.15, -0.1) is 0 Å². The average molecular weight is 923 g/mol. The summed E-state index contributed by atoms with van der Waals surface area (Å²) in [5, 5.41) is 0. The number of ether oxygens (including phenoxy) is 3. The van der Waals surface area contributed by atoms with Crippen LogP contribution in [0.15, 0.2) is 146 Å². The van der Waals surface area contributed by atoms with Crippen LogP contribution in [0, 0.1) is 0 Å². The van der Waals surface area contributed by atoms with Crippen LogP contribution in [0.25, 0.3) is 0 Å². The highest BCUT2D eigenvalue weighted by atomic mass is 16.6. The van der Waals surface area contributed by atoms with Crippen molar-refractivity contribution >= 4 is 17.9 Å². The molecule has 0 rings (SSSR count). The summed E-state index contributed by atoms with van der Waals surface area (Å²) in [6.45, 7) is 6.32. The fraction of sp³-hybridized carbons (Fsp3) is 0.557. The molecule has 0 saturated heterocycles. The third-order valence-electron chi connectivity index (χ3n) is 10.5. The zero-order valence-electron chi connectivity index (χ0n) is 42.6. The number of allylic oxidation sites excluding steroid dienone is 24. The highest BCUT2D eigenvalue weighted by Crippen LogP contribution is 2.12. The van der Waals surface area contributed by atoms with E-state index >= 15 is 0 Å². The summed E-state index contributed by atoms with van der Waals surface area (Å²) >= 11 is 0. The van der Waals surface area contributed by atoms with E-state index in [1.807, 2.05) is 60.8 Å². The van der Waals surface area contributed by atoms with E-state index in [1.165, 1.54) is 57.8 Å². The van der Waals surface area contributed by atoms with Crippen LogP contribution < -0.4 is 0 Å². The van der Waals surface area contributed by atoms with Crippen LogP contribution >= 0.6 is 0 Å². The summed E-state index contributed by atoms with van der Waals surface area (Å²) in [5.41, 5.74) is 0. The average Bonchev–Trinajstić information content (AvgIpc) is 3.33. The first-order valence-electron chi connectivity index (χ1n) is 26.4. The van der Waals surface area contributed by atoms with Crippen molar-refractivity contribution in [2.45, 2.75) is 207 Å². The molecule has 0 radical (unpaired) electrons. The fourth-order valence-electron chi connectivity index (χ4n) is 6.51. The molecule has 0 bridgehead atoms. The lowest BCUT2D eigenvalue weighted by Crippen LogP contribution is -2.30. The summed E-state index contributed by atoms with van der Waals surface area (Å²) < 4.78 is 16.7. The van der Waals surface area contributed by atoms with Crippen molar-refractivity contribution in [3.05, 3.63) is 146 Å². The number of unbranched alkanes of at least 4 members (excludes halogenated alkanes) is 16. The second-order valence-electron chi connectivity index (χ2n) is 16.9. The van der Waals surface area contributed by atoms with Gasteiger partial charge in [0.05, 0.1) is 0 Å². The van der Waals surface area contributed by atoms with Crippen molar-refractivity contribution in [3.8, 4) is 0 Å². The largest absolute Gasteiger partial charge is 0.462 e. The molecule has 0 saturated carbocycles. The van der Waals surface area contributed by atoms with Crippen molar-refractivity contribution in [1.29, 1.82) is 0 Å². The molecule has 1 atom stereocenters. The van der Waals surface area contributed by atoms with Gasteiger partial charge in [0.2, 0.25) is 0 Å². The number of hydrogen-bond donors (Lipinski definition) is 0. The minimum Gasteiger partial charge on any atom is -0.462 e. The molecule has 0 aliphatic heterocycles. The Balaban J connectivity index is 4.63. The van der Waals surface area contributed by atoms with Crippen LogP contribution in [-0.2, 0) is 28.6 Å². The van der Waals surface area contributed by atoms with Crippen LogP contribution in [0.1, 0.15) is 201 Å². The molecule has 0 N–H and O–H groups in total. The maximum atomic E-state index is 12.8. The number of esters is 3. The van der Waals surface area contributed by atoms with Gasteiger partial charge in [-0.05, 0) is 103 Å². The molecular formula is C61H94O6. The summed E-state index contributed by atoms with van der Waals surface area (Å²) in [6, 6.07) is 0. The molecule has 0 heterocycles. The molecule has 6 heteroatoms. The lowest BCUT2D eigenvalue weighted by molar-refractivity contribution is -0.167. The SMILES string of the molecule is CC\C=C/C=C\C=C/C=C\C=C\C=C/CCCCCC(=O)OCC(COC(=O)CCCCCCCC/C=C\C=C/CCCCC)OC(=O)CCC/C=C\C/C=C\C/C=C\C/C=C\CCCCC. The summed E-state index contributed by atoms with van der Waals surface area (Å²) in [6.07, 6.45) is 76.8. The van der Waals surface area contributed by atoms with Gasteiger partial charge in [-0.2, -0.15) is 0 Å². The molecule has 0 aromatic rings. The van der Waals surface area contributed by atoms with Gasteiger partial charge in [-0.3, -0.25) is 14.4 Å². The fourth-order valence-corrected chi connectivity index (χ4v) is 6.51. The molecule has 0 amide bonds. The molecule has 67 heavy (non-hydrogen) atoms. The molecule has 0 aliphatic carbocycles. The second-order valence-corrected chi connectivity index (χ2v) is 16.9. The van der Waals surface area contributed by atoms with Crippen molar-refractivity contribution in [1.82, 2.24) is 0 Å². The summed E-state index contributed by atoms with van der Waals surface area (Å²) in [5.74, 6) is -1.05. The van der Waals surface area contributed by atoms with E-state index in [-0.39, 0.29) is 44.0 Å². The van der Waals surface area contributed by atoms with Crippen molar-refractivity contribution in [2.75, 3.05) is 13.2 Å². The highest BCUT2D eigenvalue weighted by Gasteiger charge is 2.19. The summed E-state index contributed by atoms with van der Waals surface area (Å²) in [4.78, 5) is 38.0. The molecule has 0 aromatic carbocycles. The van der Waals surface area contributed by atoms with E-state index in [2.05, 4.69) is 106 Å². The minimum absolute atomic E-state index is 0.127. The van der Waals surface area contributed by atoms with Crippen LogP contribution in [0.3, 0.4) is 0 Å². The number of hydrogen-bond acceptors (Lipinski definition) is 6. The molecule has 0 fully saturated rings. The molecule has 0 aromatic heterocycles. The van der Waals surface area contributed by atoms with Gasteiger partial charge < -0.3 is 14.2 Å². The van der Waals surface area contributed by atoms with Crippen LogP contribution in [-0.4, -0.2) is 37.2 Å². The van der Waals surface area contributed by atoms with Gasteiger partial charge in [-0.1, -0.05) is 224 Å². The first kappa shape index (κ1) is 62.3. The zero-order valence-corrected chi connectivity index (χ0v) is 42.6. The third-order valence-corrected chi connectivity index (χ3v) is 10.5. The quantitative estimate of drug-likeness (QED) is 0.0199. The topological polar surface area (TPSA) is 78.9 Å². The lowest BCUT2D eigenvalue weighted by Gasteiger charge is -2.18. The predicted molar refractivity (Wildman–Crippen MR) is 288 cm³/mol. The predicted octanol–water partition coefficient (Wildman–Crippen LogP) is 17.6. The Morgan fingerprint density at radius 3 is 1.12 bits per heavy atom. The van der Waals surface area contributed by atoms with Crippen molar-refractivity contribution in [2.24, 2.45) is 0 Å². The monoisotopic (exact) mass is 923 g/mol. The Bertz CT molecular complexity index is 1530. The van der Waals surface area contributed by atoms with Gasteiger partial charge in [0.15, 0.2) is 6.10 Å². The van der Waals surface area contributed by atoms with E-state index in [0.29, 0.717) is 19.3 Å². The first-order valence-corrected chi connectivity index (χ1v) is 26.4. The number of carbonyl (C=O) groups excluding carboxylic acids is 3. The van der Waals surface area contributed by atoms with Crippen LogP contribution in [0.4, 0.5) is 0 Å². The van der Waals surface area contributed by atoms with Gasteiger partial charge in [-0.25, -0.2) is 0 Å². The Hall–Kier alpha value is -4.71. The van der Waals surface area contributed by atoms with Crippen LogP contribution in [0.2, 0.25) is 0 Å². The molecule has 0 spiro atoms. The second kappa shape index (κ2) is 53.9. The third kappa shape index (κ3) is 52.1. The number of rotatable bonds is 45. The maximum absolute atomic E-state index is 12.8. The smallest absolute Gasteiger partial charge is 0.306 e. The summed E-state index contributed by atoms with van der Waals surface area (Å²) in [7, 11) is 0.